The zero-order valence-corrected chi connectivity index (χ0v) is 13.5. The Morgan fingerprint density at radius 3 is 2.32 bits per heavy atom. The lowest BCUT2D eigenvalue weighted by atomic mass is 9.82. The molecule has 0 aromatic heterocycles. The Hall–Kier alpha value is -0.0800. The smallest absolute Gasteiger partial charge is 0.0335 e. The van der Waals surface area contributed by atoms with Crippen LogP contribution in [-0.2, 0) is 0 Å². The predicted molar refractivity (Wildman–Crippen MR) is 83.2 cm³/mol. The van der Waals surface area contributed by atoms with Gasteiger partial charge in [0.2, 0.25) is 0 Å². The van der Waals surface area contributed by atoms with Crippen LogP contribution in [0.5, 0.6) is 0 Å². The number of hydrogen-bond donors (Lipinski definition) is 1. The van der Waals surface area contributed by atoms with E-state index in [1.807, 2.05) is 0 Å². The highest BCUT2D eigenvalue weighted by Crippen LogP contribution is 2.44. The molecule has 0 heterocycles. The van der Waals surface area contributed by atoms with E-state index in [0.29, 0.717) is 11.0 Å². The first kappa shape index (κ1) is 15.3. The van der Waals surface area contributed by atoms with Gasteiger partial charge >= 0.3 is 0 Å². The van der Waals surface area contributed by atoms with Gasteiger partial charge in [0.1, 0.15) is 0 Å². The molecule has 0 spiro atoms. The van der Waals surface area contributed by atoms with Gasteiger partial charge in [-0.1, -0.05) is 34.1 Å². The van der Waals surface area contributed by atoms with Gasteiger partial charge in [0, 0.05) is 24.7 Å². The Kier molecular flexibility index (Phi) is 4.62. The molecule has 0 aromatic carbocycles. The van der Waals surface area contributed by atoms with Crippen LogP contribution in [0.3, 0.4) is 0 Å². The Morgan fingerprint density at radius 1 is 1.11 bits per heavy atom. The summed E-state index contributed by atoms with van der Waals surface area (Å²) in [5.74, 6) is 0.750. The number of hydrogen-bond acceptors (Lipinski definition) is 2. The highest BCUT2D eigenvalue weighted by atomic mass is 15.3. The van der Waals surface area contributed by atoms with Gasteiger partial charge < -0.3 is 5.73 Å². The van der Waals surface area contributed by atoms with E-state index in [-0.39, 0.29) is 0 Å². The normalized spacial score (nSPS) is 31.7. The molecule has 0 saturated heterocycles. The maximum absolute atomic E-state index is 6.30. The van der Waals surface area contributed by atoms with Crippen LogP contribution >= 0.6 is 0 Å². The molecule has 112 valence electrons. The van der Waals surface area contributed by atoms with Gasteiger partial charge in [-0.25, -0.2) is 0 Å². The van der Waals surface area contributed by atoms with Crippen molar-refractivity contribution in [3.05, 3.63) is 0 Å². The quantitative estimate of drug-likeness (QED) is 0.767. The van der Waals surface area contributed by atoms with Gasteiger partial charge in [0.15, 0.2) is 0 Å². The predicted octanol–water partition coefficient (Wildman–Crippen LogP) is 3.79. The lowest BCUT2D eigenvalue weighted by molar-refractivity contribution is 0.0550. The molecule has 2 N–H and O–H groups in total. The molecule has 1 atom stereocenters. The zero-order valence-electron chi connectivity index (χ0n) is 13.5. The van der Waals surface area contributed by atoms with Crippen LogP contribution in [0, 0.1) is 11.3 Å². The van der Waals surface area contributed by atoms with Crippen LogP contribution in [0.2, 0.25) is 0 Å². The minimum absolute atomic E-state index is 0.305. The van der Waals surface area contributed by atoms with Gasteiger partial charge in [-0.15, -0.1) is 0 Å². The molecule has 2 fully saturated rings. The molecular weight excluding hydrogens is 232 g/mol. The lowest BCUT2D eigenvalue weighted by Gasteiger charge is -2.45. The van der Waals surface area contributed by atoms with Crippen LogP contribution < -0.4 is 5.73 Å². The standard InChI is InChI=1S/C17H34N2/c1-14(2)12-19(15-6-7-15)17(13-18)9-5-8-16(3,4)10-11-17/h14-15H,5-13,18H2,1-4H3. The molecule has 0 amide bonds. The summed E-state index contributed by atoms with van der Waals surface area (Å²) in [7, 11) is 0. The second kappa shape index (κ2) is 5.73. The third-order valence-corrected chi connectivity index (χ3v) is 5.30. The third kappa shape index (κ3) is 3.72. The van der Waals surface area contributed by atoms with Crippen molar-refractivity contribution in [2.24, 2.45) is 17.1 Å². The first-order chi connectivity index (χ1) is 8.88. The third-order valence-electron chi connectivity index (χ3n) is 5.30. The van der Waals surface area contributed by atoms with E-state index in [1.165, 1.54) is 51.5 Å². The van der Waals surface area contributed by atoms with Crippen LogP contribution in [-0.4, -0.2) is 29.6 Å². The second-order valence-corrected chi connectivity index (χ2v) is 8.22. The van der Waals surface area contributed by atoms with Gasteiger partial charge in [0.25, 0.3) is 0 Å². The fourth-order valence-electron chi connectivity index (χ4n) is 3.84. The molecule has 0 bridgehead atoms. The van der Waals surface area contributed by atoms with Gasteiger partial charge in [0.05, 0.1) is 0 Å². The summed E-state index contributed by atoms with van der Waals surface area (Å²) in [6.07, 6.45) is 9.48. The van der Waals surface area contributed by atoms with Crippen LogP contribution in [0.15, 0.2) is 0 Å². The Balaban J connectivity index is 2.14. The zero-order chi connectivity index (χ0) is 14.1. The summed E-state index contributed by atoms with van der Waals surface area (Å²) < 4.78 is 0. The molecule has 0 aromatic rings. The van der Waals surface area contributed by atoms with Crippen LogP contribution in [0.25, 0.3) is 0 Å². The molecule has 2 heteroatoms. The van der Waals surface area contributed by atoms with E-state index in [9.17, 15) is 0 Å². The van der Waals surface area contributed by atoms with Crippen molar-refractivity contribution in [2.75, 3.05) is 13.1 Å². The molecule has 2 aliphatic rings. The topological polar surface area (TPSA) is 29.3 Å². The van der Waals surface area contributed by atoms with E-state index >= 15 is 0 Å². The van der Waals surface area contributed by atoms with E-state index in [4.69, 9.17) is 5.73 Å². The van der Waals surface area contributed by atoms with Crippen molar-refractivity contribution in [1.29, 1.82) is 0 Å². The van der Waals surface area contributed by atoms with Crippen LogP contribution in [0.1, 0.15) is 72.6 Å². The van der Waals surface area contributed by atoms with Gasteiger partial charge in [-0.2, -0.15) is 0 Å². The van der Waals surface area contributed by atoms with Crippen molar-refractivity contribution in [2.45, 2.75) is 84.2 Å². The average molecular weight is 266 g/mol. The van der Waals surface area contributed by atoms with Gasteiger partial charge in [-0.05, 0) is 49.9 Å². The SMILES string of the molecule is CC(C)CN(C1CC1)C1(CN)CCCC(C)(C)CC1. The van der Waals surface area contributed by atoms with E-state index in [1.54, 1.807) is 0 Å². The Bertz CT molecular complexity index is 294. The van der Waals surface area contributed by atoms with Crippen molar-refractivity contribution < 1.29 is 0 Å². The van der Waals surface area contributed by atoms with Crippen molar-refractivity contribution in [1.82, 2.24) is 4.90 Å². The van der Waals surface area contributed by atoms with Crippen LogP contribution in [0.4, 0.5) is 0 Å². The summed E-state index contributed by atoms with van der Waals surface area (Å²) in [4.78, 5) is 2.82. The van der Waals surface area contributed by atoms with Gasteiger partial charge in [-0.3, -0.25) is 4.90 Å². The summed E-state index contributed by atoms with van der Waals surface area (Å²) in [6.45, 7) is 11.7. The van der Waals surface area contributed by atoms with E-state index in [0.717, 1.165) is 18.5 Å². The fraction of sp³-hybridized carbons (Fsp3) is 1.00. The largest absolute Gasteiger partial charge is 0.329 e. The number of rotatable bonds is 5. The summed E-state index contributed by atoms with van der Waals surface area (Å²) in [5.41, 5.74) is 7.12. The summed E-state index contributed by atoms with van der Waals surface area (Å²) in [5, 5.41) is 0. The number of nitrogens with zero attached hydrogens (tertiary/aromatic N) is 1. The molecule has 19 heavy (non-hydrogen) atoms. The molecule has 2 aliphatic carbocycles. The maximum atomic E-state index is 6.30. The monoisotopic (exact) mass is 266 g/mol. The Morgan fingerprint density at radius 2 is 1.79 bits per heavy atom. The fourth-order valence-corrected chi connectivity index (χ4v) is 3.84. The highest BCUT2D eigenvalue weighted by Gasteiger charge is 2.45. The van der Waals surface area contributed by atoms with Crippen molar-refractivity contribution in [3.8, 4) is 0 Å². The molecule has 2 rings (SSSR count). The minimum Gasteiger partial charge on any atom is -0.329 e. The molecule has 2 saturated carbocycles. The summed E-state index contributed by atoms with van der Waals surface area (Å²) in [6, 6.07) is 0.840. The molecule has 2 nitrogen and oxygen atoms in total. The molecule has 0 radical (unpaired) electrons. The highest BCUT2D eigenvalue weighted by molar-refractivity contribution is 5.01. The van der Waals surface area contributed by atoms with Crippen molar-refractivity contribution >= 4 is 0 Å². The van der Waals surface area contributed by atoms with E-state index in [2.05, 4.69) is 32.6 Å². The minimum atomic E-state index is 0.305. The maximum Gasteiger partial charge on any atom is 0.0335 e. The van der Waals surface area contributed by atoms with E-state index < -0.39 is 0 Å². The summed E-state index contributed by atoms with van der Waals surface area (Å²) >= 11 is 0. The van der Waals surface area contributed by atoms with Crippen molar-refractivity contribution in [3.63, 3.8) is 0 Å². The molecule has 0 aliphatic heterocycles. The average Bonchev–Trinajstić information content (AvgIpc) is 3.14. The first-order valence-corrected chi connectivity index (χ1v) is 8.35. The second-order valence-electron chi connectivity index (χ2n) is 8.22. The Labute approximate surface area is 120 Å². The number of nitrogens with two attached hydrogens (primary N) is 1. The molecular formula is C17H34N2. The lowest BCUT2D eigenvalue weighted by Crippen LogP contribution is -2.55. The molecule has 1 unspecified atom stereocenters. The first-order valence-electron chi connectivity index (χ1n) is 8.35.